The van der Waals surface area contributed by atoms with Gasteiger partial charge in [0.05, 0.1) is 5.92 Å². The summed E-state index contributed by atoms with van der Waals surface area (Å²) in [6.45, 7) is 4.04. The molecule has 10 heavy (non-hydrogen) atoms. The molecular weight excluding hydrogens is 120 g/mol. The first-order valence-electron chi connectivity index (χ1n) is 3.57. The zero-order chi connectivity index (χ0) is 7.82. The highest BCUT2D eigenvalue weighted by Gasteiger charge is 1.91. The van der Waals surface area contributed by atoms with Crippen LogP contribution in [-0.4, -0.2) is 0 Å². The fourth-order valence-electron chi connectivity index (χ4n) is 0.546. The predicted molar refractivity (Wildman–Crippen MR) is 45.0 cm³/mol. The van der Waals surface area contributed by atoms with Gasteiger partial charge in [-0.1, -0.05) is 25.7 Å². The molecule has 0 spiro atoms. The van der Waals surface area contributed by atoms with Crippen LogP contribution in [0.15, 0.2) is 0 Å². The van der Waals surface area contributed by atoms with E-state index in [0.29, 0.717) is 0 Å². The van der Waals surface area contributed by atoms with E-state index in [1.54, 1.807) is 0 Å². The average molecular weight is 133 g/mol. The molecule has 53 valence electrons. The SMILES string of the molecule is C#CC(C#CC[CH]C)CC. The topological polar surface area (TPSA) is 0 Å². The van der Waals surface area contributed by atoms with Gasteiger partial charge >= 0.3 is 0 Å². The van der Waals surface area contributed by atoms with E-state index >= 15 is 0 Å². The van der Waals surface area contributed by atoms with E-state index in [2.05, 4.69) is 24.7 Å². The maximum Gasteiger partial charge on any atom is 0.0806 e. The van der Waals surface area contributed by atoms with Gasteiger partial charge in [0.25, 0.3) is 0 Å². The van der Waals surface area contributed by atoms with Crippen LogP contribution in [0.5, 0.6) is 0 Å². The molecule has 0 aliphatic carbocycles. The van der Waals surface area contributed by atoms with E-state index in [9.17, 15) is 0 Å². The molecule has 0 aliphatic heterocycles. The van der Waals surface area contributed by atoms with Crippen molar-refractivity contribution in [1.82, 2.24) is 0 Å². The highest BCUT2D eigenvalue weighted by Crippen LogP contribution is 1.97. The van der Waals surface area contributed by atoms with Crippen LogP contribution in [0, 0.1) is 36.5 Å². The normalized spacial score (nSPS) is 10.9. The zero-order valence-corrected chi connectivity index (χ0v) is 6.65. The number of hydrogen-bond donors (Lipinski definition) is 0. The molecule has 0 saturated carbocycles. The standard InChI is InChI=1S/C10H13/c1-4-7-8-9-10(5-2)6-3/h2,4,10H,6-7H2,1,3H3. The lowest BCUT2D eigenvalue weighted by Crippen LogP contribution is -1.87. The highest BCUT2D eigenvalue weighted by atomic mass is 13.9. The van der Waals surface area contributed by atoms with Crippen molar-refractivity contribution in [2.45, 2.75) is 26.7 Å². The van der Waals surface area contributed by atoms with Gasteiger partial charge in [-0.2, -0.15) is 0 Å². The van der Waals surface area contributed by atoms with E-state index in [1.165, 1.54) is 0 Å². The minimum atomic E-state index is 0.153. The Morgan fingerprint density at radius 1 is 1.60 bits per heavy atom. The fourth-order valence-corrected chi connectivity index (χ4v) is 0.546. The summed E-state index contributed by atoms with van der Waals surface area (Å²) in [6.07, 6.45) is 9.02. The molecule has 0 aliphatic rings. The molecule has 0 aromatic rings. The Bertz CT molecular complexity index is 161. The van der Waals surface area contributed by atoms with Crippen LogP contribution < -0.4 is 0 Å². The van der Waals surface area contributed by atoms with Crippen LogP contribution in [0.1, 0.15) is 26.7 Å². The fraction of sp³-hybridized carbons (Fsp3) is 0.500. The van der Waals surface area contributed by atoms with Crippen molar-refractivity contribution >= 4 is 0 Å². The van der Waals surface area contributed by atoms with Gasteiger partial charge in [0.15, 0.2) is 0 Å². The van der Waals surface area contributed by atoms with E-state index in [1.807, 2.05) is 13.3 Å². The molecular formula is C10H13. The Labute approximate surface area is 64.0 Å². The molecule has 0 nitrogen and oxygen atoms in total. The summed E-state index contributed by atoms with van der Waals surface area (Å²) in [5.41, 5.74) is 0. The summed E-state index contributed by atoms with van der Waals surface area (Å²) in [6, 6.07) is 0. The molecule has 0 amide bonds. The minimum Gasteiger partial charge on any atom is -0.119 e. The third kappa shape index (κ3) is 4.04. The third-order valence-corrected chi connectivity index (χ3v) is 1.19. The van der Waals surface area contributed by atoms with Crippen LogP contribution in [0.25, 0.3) is 0 Å². The maximum absolute atomic E-state index is 5.20. The summed E-state index contributed by atoms with van der Waals surface area (Å²) >= 11 is 0. The second-order valence-electron chi connectivity index (χ2n) is 2.06. The van der Waals surface area contributed by atoms with Crippen LogP contribution in [0.3, 0.4) is 0 Å². The van der Waals surface area contributed by atoms with Crippen molar-refractivity contribution in [1.29, 1.82) is 0 Å². The Morgan fingerprint density at radius 2 is 2.30 bits per heavy atom. The molecule has 0 rings (SSSR count). The van der Waals surface area contributed by atoms with Crippen molar-refractivity contribution in [3.63, 3.8) is 0 Å². The molecule has 0 heterocycles. The van der Waals surface area contributed by atoms with Crippen LogP contribution in [-0.2, 0) is 0 Å². The second-order valence-corrected chi connectivity index (χ2v) is 2.06. The van der Waals surface area contributed by atoms with Crippen molar-refractivity contribution in [2.24, 2.45) is 5.92 Å². The molecule has 0 N–H and O–H groups in total. The third-order valence-electron chi connectivity index (χ3n) is 1.19. The van der Waals surface area contributed by atoms with Gasteiger partial charge < -0.3 is 0 Å². The lowest BCUT2D eigenvalue weighted by atomic mass is 10.1. The first kappa shape index (κ1) is 9.12. The summed E-state index contributed by atoms with van der Waals surface area (Å²) in [7, 11) is 0. The maximum atomic E-state index is 5.20. The molecule has 0 fully saturated rings. The van der Waals surface area contributed by atoms with Crippen molar-refractivity contribution < 1.29 is 0 Å². The molecule has 0 bridgehead atoms. The van der Waals surface area contributed by atoms with Gasteiger partial charge in [0, 0.05) is 6.42 Å². The summed E-state index contributed by atoms with van der Waals surface area (Å²) in [5.74, 6) is 8.77. The smallest absolute Gasteiger partial charge is 0.0806 e. The number of hydrogen-bond acceptors (Lipinski definition) is 0. The number of rotatable bonds is 2. The Kier molecular flexibility index (Phi) is 5.69. The molecule has 0 aromatic carbocycles. The van der Waals surface area contributed by atoms with Crippen molar-refractivity contribution in [2.75, 3.05) is 0 Å². The first-order chi connectivity index (χ1) is 4.85. The van der Waals surface area contributed by atoms with Gasteiger partial charge in [-0.05, 0) is 12.8 Å². The first-order valence-corrected chi connectivity index (χ1v) is 3.57. The van der Waals surface area contributed by atoms with Crippen LogP contribution in [0.2, 0.25) is 0 Å². The number of unbranched alkanes of at least 4 members (excludes halogenated alkanes) is 1. The largest absolute Gasteiger partial charge is 0.119 e. The molecule has 0 aromatic heterocycles. The lowest BCUT2D eigenvalue weighted by Gasteiger charge is -1.93. The molecule has 1 unspecified atom stereocenters. The molecule has 0 heteroatoms. The van der Waals surface area contributed by atoms with E-state index < -0.39 is 0 Å². The van der Waals surface area contributed by atoms with Crippen LogP contribution in [0.4, 0.5) is 0 Å². The van der Waals surface area contributed by atoms with Gasteiger partial charge in [0.2, 0.25) is 0 Å². The average Bonchev–Trinajstić information content (AvgIpc) is 1.99. The number of terminal acetylenes is 1. The monoisotopic (exact) mass is 133 g/mol. The van der Waals surface area contributed by atoms with Crippen molar-refractivity contribution in [3.05, 3.63) is 6.42 Å². The van der Waals surface area contributed by atoms with Gasteiger partial charge in [-0.15, -0.1) is 12.3 Å². The quantitative estimate of drug-likeness (QED) is 0.507. The van der Waals surface area contributed by atoms with E-state index in [0.717, 1.165) is 12.8 Å². The summed E-state index contributed by atoms with van der Waals surface area (Å²) < 4.78 is 0. The Morgan fingerprint density at radius 3 is 2.70 bits per heavy atom. The second kappa shape index (κ2) is 6.24. The molecule has 1 radical (unpaired) electrons. The van der Waals surface area contributed by atoms with Gasteiger partial charge in [-0.25, -0.2) is 0 Å². The molecule has 1 atom stereocenters. The Hall–Kier alpha value is -0.880. The molecule has 0 saturated heterocycles. The summed E-state index contributed by atoms with van der Waals surface area (Å²) in [5, 5.41) is 0. The lowest BCUT2D eigenvalue weighted by molar-refractivity contribution is 0.827. The Balaban J connectivity index is 3.66. The van der Waals surface area contributed by atoms with E-state index in [-0.39, 0.29) is 5.92 Å². The summed E-state index contributed by atoms with van der Waals surface area (Å²) in [4.78, 5) is 0. The predicted octanol–water partition coefficient (Wildman–Crippen LogP) is 2.26. The highest BCUT2D eigenvalue weighted by molar-refractivity contribution is 5.14. The minimum absolute atomic E-state index is 0.153. The van der Waals surface area contributed by atoms with Crippen molar-refractivity contribution in [3.8, 4) is 24.2 Å². The van der Waals surface area contributed by atoms with Gasteiger partial charge in [0.1, 0.15) is 0 Å². The zero-order valence-electron chi connectivity index (χ0n) is 6.65. The van der Waals surface area contributed by atoms with Gasteiger partial charge in [-0.3, -0.25) is 0 Å². The van der Waals surface area contributed by atoms with E-state index in [4.69, 9.17) is 6.42 Å². The van der Waals surface area contributed by atoms with Crippen LogP contribution >= 0.6 is 0 Å².